The van der Waals surface area contributed by atoms with Crippen molar-refractivity contribution >= 4 is 58.2 Å². The van der Waals surface area contributed by atoms with Crippen LogP contribution in [-0.2, 0) is 0 Å². The highest BCUT2D eigenvalue weighted by Crippen LogP contribution is 2.42. The molecule has 68 valence electrons. The fraction of sp³-hybridized carbons (Fsp3) is 0.400. The quantitative estimate of drug-likeness (QED) is 0.656. The number of nitrogens with one attached hydrogen (secondary N) is 1. The first-order chi connectivity index (χ1) is 5.50. The number of aromatic nitrogens is 2. The fourth-order valence-electron chi connectivity index (χ4n) is 0.487. The van der Waals surface area contributed by atoms with E-state index in [9.17, 15) is 0 Å². The van der Waals surface area contributed by atoms with Crippen molar-refractivity contribution in [3.63, 3.8) is 0 Å². The Morgan fingerprint density at radius 2 is 2.17 bits per heavy atom. The summed E-state index contributed by atoms with van der Waals surface area (Å²) < 4.78 is -2.11. The van der Waals surface area contributed by atoms with E-state index >= 15 is 0 Å². The van der Waals surface area contributed by atoms with E-state index in [0.717, 1.165) is 5.03 Å². The Morgan fingerprint density at radius 1 is 1.50 bits per heavy atom. The predicted molar refractivity (Wildman–Crippen MR) is 54.4 cm³/mol. The number of thioether (sulfide) groups is 1. The molecule has 12 heavy (non-hydrogen) atoms. The molecule has 0 saturated carbocycles. The van der Waals surface area contributed by atoms with E-state index in [2.05, 4.69) is 10.2 Å². The molecule has 0 bridgehead atoms. The van der Waals surface area contributed by atoms with Crippen LogP contribution in [0.25, 0.3) is 0 Å². The monoisotopic (exact) mass is 264 g/mol. The molecule has 0 aliphatic heterocycles. The molecule has 1 unspecified atom stereocenters. The number of aromatic amines is 1. The van der Waals surface area contributed by atoms with Crippen LogP contribution in [0.1, 0.15) is 0 Å². The molecule has 0 saturated heterocycles. The molecular weight excluding hydrogens is 262 g/mol. The van der Waals surface area contributed by atoms with Crippen LogP contribution in [0.2, 0.25) is 0 Å². The summed E-state index contributed by atoms with van der Waals surface area (Å²) in [6.07, 6.45) is 1.60. The smallest absolute Gasteiger partial charge is 0.216 e. The van der Waals surface area contributed by atoms with Gasteiger partial charge >= 0.3 is 0 Å². The molecule has 1 N–H and O–H groups in total. The zero-order valence-electron chi connectivity index (χ0n) is 5.60. The first kappa shape index (κ1) is 10.8. The molecule has 1 aromatic heterocycles. The van der Waals surface area contributed by atoms with Gasteiger partial charge in [0, 0.05) is 6.20 Å². The predicted octanol–water partition coefficient (Wildman–Crippen LogP) is 3.44. The third-order valence-corrected chi connectivity index (χ3v) is 3.98. The van der Waals surface area contributed by atoms with E-state index < -0.39 is 8.50 Å². The molecule has 0 amide bonds. The highest BCUT2D eigenvalue weighted by molar-refractivity contribution is 8.01. The maximum atomic E-state index is 5.77. The lowest BCUT2D eigenvalue weighted by atomic mass is 10.8. The third kappa shape index (κ3) is 3.23. The van der Waals surface area contributed by atoms with E-state index in [1.165, 1.54) is 11.8 Å². The Morgan fingerprint density at radius 3 is 2.58 bits per heavy atom. The van der Waals surface area contributed by atoms with Gasteiger partial charge in [-0.05, 0) is 6.07 Å². The van der Waals surface area contributed by atoms with Crippen molar-refractivity contribution < 1.29 is 0 Å². The maximum absolute atomic E-state index is 5.77. The first-order valence-corrected chi connectivity index (χ1v) is 5.32. The van der Waals surface area contributed by atoms with Crippen LogP contribution in [-0.4, -0.2) is 18.7 Å². The number of H-pyrrole nitrogens is 1. The van der Waals surface area contributed by atoms with Crippen LogP contribution in [0.4, 0.5) is 0 Å². The molecule has 1 rings (SSSR count). The summed E-state index contributed by atoms with van der Waals surface area (Å²) in [5.74, 6) is 0. The van der Waals surface area contributed by atoms with Gasteiger partial charge in [0.05, 0.1) is 5.03 Å². The van der Waals surface area contributed by atoms with Crippen LogP contribution in [0.15, 0.2) is 17.3 Å². The zero-order chi connectivity index (χ0) is 9.19. The molecule has 0 aliphatic rings. The van der Waals surface area contributed by atoms with Gasteiger partial charge in [0.1, 0.15) is 4.71 Å². The lowest BCUT2D eigenvalue weighted by Crippen LogP contribution is -2.15. The molecule has 1 atom stereocenters. The number of halogens is 4. The van der Waals surface area contributed by atoms with Crippen LogP contribution < -0.4 is 0 Å². The first-order valence-electron chi connectivity index (χ1n) is 2.87. The summed E-state index contributed by atoms with van der Waals surface area (Å²) in [6.45, 7) is 0. The molecule has 0 spiro atoms. The van der Waals surface area contributed by atoms with Crippen molar-refractivity contribution in [2.24, 2.45) is 0 Å². The number of nitrogens with zero attached hydrogens (tertiary/aromatic N) is 1. The Hall–Kier alpha value is 0.720. The highest BCUT2D eigenvalue weighted by Gasteiger charge is 2.31. The summed E-state index contributed by atoms with van der Waals surface area (Å²) >= 11 is 23.6. The molecule has 0 radical (unpaired) electrons. The molecule has 7 heteroatoms. The zero-order valence-corrected chi connectivity index (χ0v) is 9.44. The molecule has 0 aromatic carbocycles. The lowest BCUT2D eigenvalue weighted by Gasteiger charge is -2.15. The number of hydrogen-bond acceptors (Lipinski definition) is 2. The van der Waals surface area contributed by atoms with Crippen molar-refractivity contribution in [3.05, 3.63) is 12.3 Å². The second kappa shape index (κ2) is 4.29. The number of alkyl halides is 4. The second-order valence-corrected chi connectivity index (χ2v) is 6.11. The van der Waals surface area contributed by atoms with Crippen LogP contribution in [0.5, 0.6) is 0 Å². The summed E-state index contributed by atoms with van der Waals surface area (Å²) in [4.78, 5) is 0. The summed E-state index contributed by atoms with van der Waals surface area (Å²) in [7, 11) is 0. The molecule has 1 heterocycles. The minimum Gasteiger partial charge on any atom is -0.272 e. The Bertz CT molecular complexity index is 232. The summed E-state index contributed by atoms with van der Waals surface area (Å²) in [5, 5.41) is 7.18. The van der Waals surface area contributed by atoms with Gasteiger partial charge in [-0.25, -0.2) is 0 Å². The summed E-state index contributed by atoms with van der Waals surface area (Å²) in [5.41, 5.74) is 0. The van der Waals surface area contributed by atoms with E-state index in [-0.39, 0.29) is 0 Å². The van der Waals surface area contributed by atoms with Gasteiger partial charge < -0.3 is 0 Å². The minimum atomic E-state index is -1.47. The van der Waals surface area contributed by atoms with Crippen molar-refractivity contribution in [2.45, 2.75) is 13.5 Å². The molecule has 0 fully saturated rings. The molecular formula is C5H4Cl4N2S. The Balaban J connectivity index is 2.53. The van der Waals surface area contributed by atoms with Gasteiger partial charge in [-0.2, -0.15) is 5.10 Å². The topological polar surface area (TPSA) is 28.7 Å². The highest BCUT2D eigenvalue weighted by atomic mass is 35.6. The minimum absolute atomic E-state index is 0.636. The maximum Gasteiger partial charge on any atom is 0.216 e. The third-order valence-electron chi connectivity index (χ3n) is 0.963. The van der Waals surface area contributed by atoms with E-state index in [0.29, 0.717) is 0 Å². The van der Waals surface area contributed by atoms with Gasteiger partial charge in [-0.1, -0.05) is 46.6 Å². The Labute approximate surface area is 93.9 Å². The SMILES string of the molecule is ClC(Sc1ccn[nH]1)C(Cl)(Cl)Cl. The largest absolute Gasteiger partial charge is 0.272 e. The van der Waals surface area contributed by atoms with Crippen molar-refractivity contribution in [2.75, 3.05) is 0 Å². The second-order valence-electron chi connectivity index (χ2n) is 1.90. The Kier molecular flexibility index (Phi) is 3.86. The standard InChI is InChI=1S/C5H4Cl4N2S/c6-4(5(7,8)9)12-3-1-2-10-11-3/h1-2,4H,(H,10,11). The summed E-state index contributed by atoms with van der Waals surface area (Å²) in [6, 6.07) is 1.75. The molecule has 1 aromatic rings. The van der Waals surface area contributed by atoms with Crippen LogP contribution in [0.3, 0.4) is 0 Å². The van der Waals surface area contributed by atoms with Gasteiger partial charge in [-0.15, -0.1) is 11.6 Å². The van der Waals surface area contributed by atoms with E-state index in [1.54, 1.807) is 12.3 Å². The van der Waals surface area contributed by atoms with Crippen LogP contribution in [0, 0.1) is 0 Å². The van der Waals surface area contributed by atoms with Gasteiger partial charge in [0.25, 0.3) is 0 Å². The van der Waals surface area contributed by atoms with Crippen molar-refractivity contribution in [1.29, 1.82) is 0 Å². The van der Waals surface area contributed by atoms with E-state index in [1.807, 2.05) is 0 Å². The molecule has 0 aliphatic carbocycles. The average molecular weight is 266 g/mol. The van der Waals surface area contributed by atoms with E-state index in [4.69, 9.17) is 46.4 Å². The van der Waals surface area contributed by atoms with Crippen molar-refractivity contribution in [3.8, 4) is 0 Å². The average Bonchev–Trinajstić information content (AvgIpc) is 2.37. The van der Waals surface area contributed by atoms with Gasteiger partial charge in [-0.3, -0.25) is 5.10 Å². The van der Waals surface area contributed by atoms with Crippen LogP contribution >= 0.6 is 58.2 Å². The number of hydrogen-bond donors (Lipinski definition) is 1. The van der Waals surface area contributed by atoms with Crippen molar-refractivity contribution in [1.82, 2.24) is 10.2 Å². The van der Waals surface area contributed by atoms with Gasteiger partial charge in [0.2, 0.25) is 3.79 Å². The normalized spacial score (nSPS) is 14.7. The lowest BCUT2D eigenvalue weighted by molar-refractivity contribution is 0.999. The van der Waals surface area contributed by atoms with Gasteiger partial charge in [0.15, 0.2) is 0 Å². The molecule has 2 nitrogen and oxygen atoms in total. The number of rotatable bonds is 2. The fourth-order valence-corrected chi connectivity index (χ4v) is 1.78.